The summed E-state index contributed by atoms with van der Waals surface area (Å²) in [4.78, 5) is 14.2. The smallest absolute Gasteiger partial charge is 0.354 e. The molecule has 0 saturated heterocycles. The standard InChI is InChI=1S/C8H11N3O2/c9-3-4-10-6-1-2-7(8(12)13)11-5-6/h1-2,5,10H,3-4,9H2,(H,12,13). The van der Waals surface area contributed by atoms with Crippen molar-refractivity contribution in [1.29, 1.82) is 0 Å². The summed E-state index contributed by atoms with van der Waals surface area (Å²) in [6, 6.07) is 3.10. The number of carbonyl (C=O) groups is 1. The Labute approximate surface area is 75.6 Å². The summed E-state index contributed by atoms with van der Waals surface area (Å²) in [6.07, 6.45) is 1.47. The number of nitrogens with zero attached hydrogens (tertiary/aromatic N) is 1. The first kappa shape index (κ1) is 9.47. The summed E-state index contributed by atoms with van der Waals surface area (Å²) >= 11 is 0. The van der Waals surface area contributed by atoms with Gasteiger partial charge in [0.25, 0.3) is 0 Å². The van der Waals surface area contributed by atoms with E-state index in [1.54, 1.807) is 6.07 Å². The topological polar surface area (TPSA) is 88.2 Å². The Hall–Kier alpha value is -1.62. The molecule has 70 valence electrons. The van der Waals surface area contributed by atoms with E-state index >= 15 is 0 Å². The zero-order chi connectivity index (χ0) is 9.68. The van der Waals surface area contributed by atoms with E-state index in [0.717, 1.165) is 5.69 Å². The van der Waals surface area contributed by atoms with E-state index < -0.39 is 5.97 Å². The summed E-state index contributed by atoms with van der Waals surface area (Å²) in [7, 11) is 0. The molecule has 5 heteroatoms. The van der Waals surface area contributed by atoms with Crippen LogP contribution in [0.1, 0.15) is 10.5 Å². The van der Waals surface area contributed by atoms with Gasteiger partial charge in [0.05, 0.1) is 11.9 Å². The second-order valence-electron chi connectivity index (χ2n) is 2.45. The molecular formula is C8H11N3O2. The molecule has 0 aliphatic heterocycles. The lowest BCUT2D eigenvalue weighted by atomic mass is 10.3. The molecule has 13 heavy (non-hydrogen) atoms. The quantitative estimate of drug-likeness (QED) is 0.615. The number of carboxylic acids is 1. The number of rotatable bonds is 4. The third-order valence-electron chi connectivity index (χ3n) is 1.46. The van der Waals surface area contributed by atoms with E-state index in [4.69, 9.17) is 10.8 Å². The number of carboxylic acid groups (broad SMARTS) is 1. The van der Waals surface area contributed by atoms with Gasteiger partial charge in [0.15, 0.2) is 0 Å². The highest BCUT2D eigenvalue weighted by Gasteiger charge is 2.02. The third-order valence-corrected chi connectivity index (χ3v) is 1.46. The van der Waals surface area contributed by atoms with Crippen LogP contribution in [0.5, 0.6) is 0 Å². The maximum Gasteiger partial charge on any atom is 0.354 e. The van der Waals surface area contributed by atoms with Gasteiger partial charge in [0, 0.05) is 13.1 Å². The van der Waals surface area contributed by atoms with Crippen molar-refractivity contribution in [3.8, 4) is 0 Å². The monoisotopic (exact) mass is 181 g/mol. The number of aromatic nitrogens is 1. The van der Waals surface area contributed by atoms with Gasteiger partial charge in [-0.25, -0.2) is 9.78 Å². The predicted octanol–water partition coefficient (Wildman–Crippen LogP) is 0.150. The molecule has 0 spiro atoms. The lowest BCUT2D eigenvalue weighted by Gasteiger charge is -2.03. The van der Waals surface area contributed by atoms with Gasteiger partial charge in [-0.3, -0.25) is 0 Å². The minimum atomic E-state index is -1.02. The highest BCUT2D eigenvalue weighted by Crippen LogP contribution is 2.04. The molecule has 0 radical (unpaired) electrons. The number of hydrogen-bond acceptors (Lipinski definition) is 4. The normalized spacial score (nSPS) is 9.62. The first-order chi connectivity index (χ1) is 6.24. The fraction of sp³-hybridized carbons (Fsp3) is 0.250. The van der Waals surface area contributed by atoms with Gasteiger partial charge in [-0.2, -0.15) is 0 Å². The predicted molar refractivity (Wildman–Crippen MR) is 48.7 cm³/mol. The molecule has 0 aliphatic carbocycles. The summed E-state index contributed by atoms with van der Waals surface area (Å²) in [6.45, 7) is 1.18. The first-order valence-electron chi connectivity index (χ1n) is 3.87. The Morgan fingerprint density at radius 2 is 2.38 bits per heavy atom. The maximum atomic E-state index is 10.4. The maximum absolute atomic E-state index is 10.4. The van der Waals surface area contributed by atoms with Crippen molar-refractivity contribution in [3.05, 3.63) is 24.0 Å². The fourth-order valence-electron chi connectivity index (χ4n) is 0.841. The lowest BCUT2D eigenvalue weighted by molar-refractivity contribution is 0.0690. The Balaban J connectivity index is 2.64. The van der Waals surface area contributed by atoms with Crippen LogP contribution in [0, 0.1) is 0 Å². The Morgan fingerprint density at radius 3 is 2.85 bits per heavy atom. The Bertz CT molecular complexity index is 284. The molecule has 0 aromatic carbocycles. The first-order valence-corrected chi connectivity index (χ1v) is 3.87. The van der Waals surface area contributed by atoms with Gasteiger partial charge in [0.2, 0.25) is 0 Å². The van der Waals surface area contributed by atoms with Crippen LogP contribution in [0.3, 0.4) is 0 Å². The van der Waals surface area contributed by atoms with Crippen molar-refractivity contribution in [2.24, 2.45) is 5.73 Å². The van der Waals surface area contributed by atoms with Gasteiger partial charge in [0.1, 0.15) is 5.69 Å². The second-order valence-corrected chi connectivity index (χ2v) is 2.45. The molecule has 1 rings (SSSR count). The summed E-state index contributed by atoms with van der Waals surface area (Å²) in [5.41, 5.74) is 6.09. The molecule has 0 atom stereocenters. The zero-order valence-corrected chi connectivity index (χ0v) is 7.03. The molecule has 4 N–H and O–H groups in total. The third kappa shape index (κ3) is 2.72. The van der Waals surface area contributed by atoms with Crippen molar-refractivity contribution in [2.75, 3.05) is 18.4 Å². The van der Waals surface area contributed by atoms with Crippen LogP contribution >= 0.6 is 0 Å². The van der Waals surface area contributed by atoms with Gasteiger partial charge < -0.3 is 16.2 Å². The fourth-order valence-corrected chi connectivity index (χ4v) is 0.841. The van der Waals surface area contributed by atoms with Crippen molar-refractivity contribution in [1.82, 2.24) is 4.98 Å². The molecule has 0 amide bonds. The molecule has 5 nitrogen and oxygen atoms in total. The van der Waals surface area contributed by atoms with Gasteiger partial charge in [-0.05, 0) is 12.1 Å². The average Bonchev–Trinajstić information content (AvgIpc) is 2.15. The van der Waals surface area contributed by atoms with Crippen molar-refractivity contribution < 1.29 is 9.90 Å². The molecule has 0 fully saturated rings. The van der Waals surface area contributed by atoms with Gasteiger partial charge >= 0.3 is 5.97 Å². The van der Waals surface area contributed by atoms with Gasteiger partial charge in [-0.1, -0.05) is 0 Å². The average molecular weight is 181 g/mol. The second kappa shape index (κ2) is 4.42. The minimum Gasteiger partial charge on any atom is -0.477 e. The van der Waals surface area contributed by atoms with Crippen LogP contribution in [0.25, 0.3) is 0 Å². The number of aromatic carboxylic acids is 1. The summed E-state index contributed by atoms with van der Waals surface area (Å²) < 4.78 is 0. The summed E-state index contributed by atoms with van der Waals surface area (Å²) in [5, 5.41) is 11.5. The number of pyridine rings is 1. The highest BCUT2D eigenvalue weighted by molar-refractivity contribution is 5.85. The molecule has 0 unspecified atom stereocenters. The van der Waals surface area contributed by atoms with Crippen LogP contribution in [-0.2, 0) is 0 Å². The minimum absolute atomic E-state index is 0.0401. The summed E-state index contributed by atoms with van der Waals surface area (Å²) in [5.74, 6) is -1.02. The van der Waals surface area contributed by atoms with Crippen LogP contribution in [-0.4, -0.2) is 29.1 Å². The van der Waals surface area contributed by atoms with E-state index in [0.29, 0.717) is 13.1 Å². The molecule has 0 aliphatic rings. The highest BCUT2D eigenvalue weighted by atomic mass is 16.4. The van der Waals surface area contributed by atoms with Gasteiger partial charge in [-0.15, -0.1) is 0 Å². The molecule has 1 aromatic rings. The van der Waals surface area contributed by atoms with E-state index in [1.807, 2.05) is 0 Å². The van der Waals surface area contributed by atoms with E-state index in [1.165, 1.54) is 12.3 Å². The molecular weight excluding hydrogens is 170 g/mol. The number of anilines is 1. The number of nitrogens with two attached hydrogens (primary N) is 1. The number of hydrogen-bond donors (Lipinski definition) is 3. The lowest BCUT2D eigenvalue weighted by Crippen LogP contribution is -2.13. The van der Waals surface area contributed by atoms with Crippen LogP contribution < -0.4 is 11.1 Å². The number of nitrogens with one attached hydrogen (secondary N) is 1. The van der Waals surface area contributed by atoms with E-state index in [-0.39, 0.29) is 5.69 Å². The Kier molecular flexibility index (Phi) is 3.22. The van der Waals surface area contributed by atoms with Crippen LogP contribution in [0.15, 0.2) is 18.3 Å². The SMILES string of the molecule is NCCNc1ccc(C(=O)O)nc1. The van der Waals surface area contributed by atoms with Crippen molar-refractivity contribution in [3.63, 3.8) is 0 Å². The van der Waals surface area contributed by atoms with E-state index in [9.17, 15) is 4.79 Å². The molecule has 0 saturated carbocycles. The van der Waals surface area contributed by atoms with E-state index in [2.05, 4.69) is 10.3 Å². The van der Waals surface area contributed by atoms with Crippen LogP contribution in [0.2, 0.25) is 0 Å². The van der Waals surface area contributed by atoms with Crippen LogP contribution in [0.4, 0.5) is 5.69 Å². The zero-order valence-electron chi connectivity index (χ0n) is 7.03. The Morgan fingerprint density at radius 1 is 1.62 bits per heavy atom. The molecule has 0 bridgehead atoms. The van der Waals surface area contributed by atoms with Crippen molar-refractivity contribution >= 4 is 11.7 Å². The molecule has 1 heterocycles. The van der Waals surface area contributed by atoms with Crippen molar-refractivity contribution in [2.45, 2.75) is 0 Å². The largest absolute Gasteiger partial charge is 0.477 e. The molecule has 1 aromatic heterocycles.